The number of halogens is 1. The Kier molecular flexibility index (Phi) is 6.66. The molecule has 2 unspecified atom stereocenters. The van der Waals surface area contributed by atoms with Crippen molar-refractivity contribution in [2.24, 2.45) is 0 Å². The van der Waals surface area contributed by atoms with Gasteiger partial charge in [0, 0.05) is 47.3 Å². The van der Waals surface area contributed by atoms with Gasteiger partial charge >= 0.3 is 11.9 Å². The van der Waals surface area contributed by atoms with Crippen LogP contribution in [0.4, 0.5) is 5.69 Å². The quantitative estimate of drug-likeness (QED) is 0.393. The van der Waals surface area contributed by atoms with Gasteiger partial charge in [-0.15, -0.1) is 0 Å². The molecule has 2 atom stereocenters. The lowest BCUT2D eigenvalue weighted by Gasteiger charge is -2.32. The highest BCUT2D eigenvalue weighted by Gasteiger charge is 2.33. The zero-order valence-electron chi connectivity index (χ0n) is 16.0. The number of carbonyl (C=O) groups is 3. The van der Waals surface area contributed by atoms with E-state index in [1.54, 1.807) is 24.3 Å². The van der Waals surface area contributed by atoms with Crippen molar-refractivity contribution >= 4 is 35.1 Å². The van der Waals surface area contributed by atoms with Crippen LogP contribution in [0.5, 0.6) is 0 Å². The zero-order chi connectivity index (χ0) is 22.5. The summed E-state index contributed by atoms with van der Waals surface area (Å²) in [6, 6.07) is 11.8. The smallest absolute Gasteiger partial charge is 0.333 e. The molecule has 0 fully saturated rings. The van der Waals surface area contributed by atoms with Crippen molar-refractivity contribution in [3.8, 4) is 0 Å². The molecule has 2 aromatic rings. The third-order valence-corrected chi connectivity index (χ3v) is 4.98. The van der Waals surface area contributed by atoms with Gasteiger partial charge in [-0.05, 0) is 29.8 Å². The molecule has 0 radical (unpaired) electrons. The summed E-state index contributed by atoms with van der Waals surface area (Å²) in [5, 5.41) is 20.8. The molecular formula is C21H17ClN2O7. The van der Waals surface area contributed by atoms with Crippen molar-refractivity contribution in [3.05, 3.63) is 86.9 Å². The third kappa shape index (κ3) is 5.46. The fourth-order valence-electron chi connectivity index (χ4n) is 3.23. The number of nitrogens with zero attached hydrogens (tertiary/aromatic N) is 2. The summed E-state index contributed by atoms with van der Waals surface area (Å²) in [7, 11) is 0. The predicted octanol–water partition coefficient (Wildman–Crippen LogP) is 3.45. The maximum absolute atomic E-state index is 12.8. The average Bonchev–Trinajstić information content (AvgIpc) is 2.87. The van der Waals surface area contributed by atoms with E-state index >= 15 is 0 Å². The minimum Gasteiger partial charge on any atom is -0.481 e. The number of carboxylic acid groups (broad SMARTS) is 1. The number of ether oxygens (including phenoxy) is 1. The number of amides is 1. The zero-order valence-corrected chi connectivity index (χ0v) is 16.8. The normalized spacial score (nSPS) is 17.1. The molecular weight excluding hydrogens is 428 g/mol. The molecule has 9 nitrogen and oxygen atoms in total. The highest BCUT2D eigenvalue weighted by Crippen LogP contribution is 2.31. The van der Waals surface area contributed by atoms with E-state index in [4.69, 9.17) is 16.3 Å². The lowest BCUT2D eigenvalue weighted by Crippen LogP contribution is -2.38. The summed E-state index contributed by atoms with van der Waals surface area (Å²) in [6.07, 6.45) is 0.568. The second-order valence-electron chi connectivity index (χ2n) is 6.81. The fraction of sp³-hybridized carbons (Fsp3) is 0.190. The van der Waals surface area contributed by atoms with E-state index in [1.165, 1.54) is 29.2 Å². The van der Waals surface area contributed by atoms with Crippen LogP contribution in [0.25, 0.3) is 0 Å². The second-order valence-corrected chi connectivity index (χ2v) is 7.24. The number of nitro groups is 1. The third-order valence-electron chi connectivity index (χ3n) is 4.72. The largest absolute Gasteiger partial charge is 0.481 e. The Hall–Kier alpha value is -3.72. The molecule has 1 heterocycles. The minimum absolute atomic E-state index is 0.0773. The van der Waals surface area contributed by atoms with Crippen LogP contribution < -0.4 is 0 Å². The maximum atomic E-state index is 12.8. The van der Waals surface area contributed by atoms with Crippen molar-refractivity contribution in [2.45, 2.75) is 18.6 Å². The van der Waals surface area contributed by atoms with Crippen LogP contribution in [0.3, 0.4) is 0 Å². The molecule has 0 aromatic heterocycles. The summed E-state index contributed by atoms with van der Waals surface area (Å²) in [6.45, 7) is -0.0773. The predicted molar refractivity (Wildman–Crippen MR) is 109 cm³/mol. The Bertz CT molecular complexity index is 1030. The molecule has 1 N–H and O–H groups in total. The highest BCUT2D eigenvalue weighted by molar-refractivity contribution is 6.30. The number of carboxylic acids is 1. The molecule has 160 valence electrons. The van der Waals surface area contributed by atoms with Gasteiger partial charge in [0.1, 0.15) is 0 Å². The van der Waals surface area contributed by atoms with Crippen molar-refractivity contribution in [3.63, 3.8) is 0 Å². The summed E-state index contributed by atoms with van der Waals surface area (Å²) in [5.74, 6) is -3.01. The van der Waals surface area contributed by atoms with Crippen LogP contribution in [0.1, 0.15) is 29.7 Å². The number of rotatable bonds is 7. The van der Waals surface area contributed by atoms with Crippen LogP contribution in [0.2, 0.25) is 5.02 Å². The summed E-state index contributed by atoms with van der Waals surface area (Å²) in [5.41, 5.74) is 0.812. The van der Waals surface area contributed by atoms with Gasteiger partial charge in [-0.1, -0.05) is 23.7 Å². The Morgan fingerprint density at radius 1 is 1.13 bits per heavy atom. The SMILES string of the molecule is O=C(O)CC(CN1C(=O)C=CC(=O)OC1c1ccc([N+](=O)[O-])cc1)c1ccc(Cl)cc1. The van der Waals surface area contributed by atoms with Gasteiger partial charge in [-0.2, -0.15) is 0 Å². The molecule has 1 aliphatic heterocycles. The number of cyclic esters (lactones) is 1. The standard InChI is InChI=1S/C21H17ClN2O7/c22-16-5-1-13(2-6-16)15(11-19(26)27)12-23-18(25)9-10-20(28)31-21(23)14-3-7-17(8-4-14)24(29)30/h1-10,15,21H,11-12H2,(H,26,27). The lowest BCUT2D eigenvalue weighted by atomic mass is 9.94. The molecule has 31 heavy (non-hydrogen) atoms. The maximum Gasteiger partial charge on any atom is 0.333 e. The Morgan fingerprint density at radius 3 is 2.35 bits per heavy atom. The van der Waals surface area contributed by atoms with Crippen molar-refractivity contribution in [1.82, 2.24) is 4.90 Å². The Balaban J connectivity index is 1.97. The first-order valence-corrected chi connectivity index (χ1v) is 9.53. The van der Waals surface area contributed by atoms with E-state index < -0.39 is 34.9 Å². The van der Waals surface area contributed by atoms with Crippen molar-refractivity contribution in [1.29, 1.82) is 0 Å². The van der Waals surface area contributed by atoms with Crippen LogP contribution in [0, 0.1) is 10.1 Å². The number of nitro benzene ring substituents is 1. The molecule has 0 spiro atoms. The summed E-state index contributed by atoms with van der Waals surface area (Å²) < 4.78 is 5.38. The van der Waals surface area contributed by atoms with Crippen LogP contribution in [-0.2, 0) is 19.1 Å². The summed E-state index contributed by atoms with van der Waals surface area (Å²) >= 11 is 5.92. The fourth-order valence-corrected chi connectivity index (χ4v) is 3.35. The number of hydrogen-bond donors (Lipinski definition) is 1. The number of hydrogen-bond acceptors (Lipinski definition) is 6. The number of aliphatic carboxylic acids is 1. The van der Waals surface area contributed by atoms with Gasteiger partial charge in [0.05, 0.1) is 11.3 Å². The Labute approximate surface area is 181 Å². The van der Waals surface area contributed by atoms with E-state index in [2.05, 4.69) is 0 Å². The summed E-state index contributed by atoms with van der Waals surface area (Å²) in [4.78, 5) is 47.8. The lowest BCUT2D eigenvalue weighted by molar-refractivity contribution is -0.384. The molecule has 2 aromatic carbocycles. The molecule has 0 bridgehead atoms. The van der Waals surface area contributed by atoms with Gasteiger partial charge in [-0.25, -0.2) is 4.79 Å². The minimum atomic E-state index is -1.18. The van der Waals surface area contributed by atoms with E-state index in [1.807, 2.05) is 0 Å². The average molecular weight is 445 g/mol. The number of benzene rings is 2. The molecule has 10 heteroatoms. The van der Waals surface area contributed by atoms with Gasteiger partial charge in [-0.3, -0.25) is 24.6 Å². The van der Waals surface area contributed by atoms with Gasteiger partial charge in [0.15, 0.2) is 0 Å². The molecule has 0 aliphatic carbocycles. The highest BCUT2D eigenvalue weighted by atomic mass is 35.5. The number of carbonyl (C=O) groups excluding carboxylic acids is 2. The molecule has 0 saturated carbocycles. The first-order chi connectivity index (χ1) is 14.7. The molecule has 1 amide bonds. The monoisotopic (exact) mass is 444 g/mol. The second kappa shape index (κ2) is 9.40. The number of esters is 1. The molecule has 0 saturated heterocycles. The topological polar surface area (TPSA) is 127 Å². The first kappa shape index (κ1) is 22.0. The van der Waals surface area contributed by atoms with Gasteiger partial charge < -0.3 is 9.84 Å². The van der Waals surface area contributed by atoms with E-state index in [9.17, 15) is 29.6 Å². The molecule has 1 aliphatic rings. The van der Waals surface area contributed by atoms with Crippen LogP contribution >= 0.6 is 11.6 Å². The van der Waals surface area contributed by atoms with E-state index in [0.717, 1.165) is 12.2 Å². The van der Waals surface area contributed by atoms with Crippen molar-refractivity contribution < 1.29 is 29.2 Å². The molecule has 3 rings (SSSR count). The van der Waals surface area contributed by atoms with Gasteiger partial charge in [0.25, 0.3) is 5.69 Å². The van der Waals surface area contributed by atoms with Crippen molar-refractivity contribution in [2.75, 3.05) is 6.54 Å². The van der Waals surface area contributed by atoms with Crippen LogP contribution in [-0.4, -0.2) is 39.3 Å². The van der Waals surface area contributed by atoms with Gasteiger partial charge in [0.2, 0.25) is 12.1 Å². The van der Waals surface area contributed by atoms with E-state index in [-0.39, 0.29) is 18.7 Å². The number of non-ortho nitro benzene ring substituents is 1. The first-order valence-electron chi connectivity index (χ1n) is 9.15. The Morgan fingerprint density at radius 2 is 1.77 bits per heavy atom. The van der Waals surface area contributed by atoms with E-state index in [0.29, 0.717) is 16.1 Å². The van der Waals surface area contributed by atoms with Crippen LogP contribution in [0.15, 0.2) is 60.7 Å².